The molecule has 0 aliphatic rings. The van der Waals surface area contributed by atoms with Gasteiger partial charge in [-0.3, -0.25) is 0 Å². The minimum Gasteiger partial charge on any atom is -0.355 e. The van der Waals surface area contributed by atoms with Gasteiger partial charge in [0.25, 0.3) is 0 Å². The van der Waals surface area contributed by atoms with Gasteiger partial charge in [0, 0.05) is 21.5 Å². The standard InChI is InChI=1S/C14H15N.2C2H6/c1-4-5-6-12-11(3)15-14-8-7-10(2)9-13(12)14;2*1-2/h4-9,15H,3H2,1-2H3;2*1-2H3/b5-4-,12-6+;;. The second-order valence-electron chi connectivity index (χ2n) is 3.76. The molecule has 1 aromatic heterocycles. The second kappa shape index (κ2) is 9.21. The zero-order valence-corrected chi connectivity index (χ0v) is 13.2. The highest BCUT2D eigenvalue weighted by Crippen LogP contribution is 2.07. The molecule has 0 radical (unpaired) electrons. The number of benzene rings is 1. The third-order valence-electron chi connectivity index (χ3n) is 2.53. The summed E-state index contributed by atoms with van der Waals surface area (Å²) in [5, 5.41) is 3.42. The van der Waals surface area contributed by atoms with E-state index in [1.54, 1.807) is 0 Å². The first-order chi connectivity index (χ1) is 9.22. The molecule has 2 aromatic rings. The molecule has 0 aliphatic carbocycles. The van der Waals surface area contributed by atoms with Crippen LogP contribution in [0.2, 0.25) is 0 Å². The van der Waals surface area contributed by atoms with Crippen LogP contribution in [-0.2, 0) is 0 Å². The molecule has 1 aromatic carbocycles. The van der Waals surface area contributed by atoms with Crippen LogP contribution in [0.3, 0.4) is 0 Å². The van der Waals surface area contributed by atoms with Crippen molar-refractivity contribution in [1.82, 2.24) is 4.98 Å². The van der Waals surface area contributed by atoms with Crippen LogP contribution < -0.4 is 10.6 Å². The molecule has 1 N–H and O–H groups in total. The molecule has 1 nitrogen and oxygen atoms in total. The van der Waals surface area contributed by atoms with Gasteiger partial charge >= 0.3 is 0 Å². The molecule has 1 heterocycles. The summed E-state index contributed by atoms with van der Waals surface area (Å²) in [7, 11) is 0. The normalized spacial score (nSPS) is 10.9. The summed E-state index contributed by atoms with van der Waals surface area (Å²) >= 11 is 0. The number of hydrogen-bond acceptors (Lipinski definition) is 0. The number of aryl methyl sites for hydroxylation is 1. The van der Waals surface area contributed by atoms with Crippen molar-refractivity contribution in [3.63, 3.8) is 0 Å². The Kier molecular flexibility index (Phi) is 8.35. The molecular weight excluding hydrogens is 230 g/mol. The summed E-state index contributed by atoms with van der Waals surface area (Å²) < 4.78 is 0. The first-order valence-corrected chi connectivity index (χ1v) is 7.12. The zero-order chi connectivity index (χ0) is 14.8. The topological polar surface area (TPSA) is 15.8 Å². The van der Waals surface area contributed by atoms with Crippen LogP contribution in [-0.4, -0.2) is 4.98 Å². The number of rotatable bonds is 1. The van der Waals surface area contributed by atoms with Gasteiger partial charge in [-0.25, -0.2) is 0 Å². The molecule has 0 amide bonds. The molecule has 104 valence electrons. The molecule has 0 unspecified atom stereocenters. The molecule has 19 heavy (non-hydrogen) atoms. The summed E-state index contributed by atoms with van der Waals surface area (Å²) in [5.41, 5.74) is 2.43. The van der Waals surface area contributed by atoms with Crippen LogP contribution in [0.25, 0.3) is 23.6 Å². The zero-order valence-electron chi connectivity index (χ0n) is 13.2. The van der Waals surface area contributed by atoms with Gasteiger partial charge in [0.2, 0.25) is 0 Å². The maximum absolute atomic E-state index is 4.02. The van der Waals surface area contributed by atoms with Gasteiger partial charge in [-0.15, -0.1) is 0 Å². The Morgan fingerprint density at radius 3 is 2.32 bits per heavy atom. The minimum absolute atomic E-state index is 0.980. The van der Waals surface area contributed by atoms with Gasteiger partial charge < -0.3 is 4.98 Å². The fourth-order valence-corrected chi connectivity index (χ4v) is 1.77. The van der Waals surface area contributed by atoms with Crippen LogP contribution >= 0.6 is 0 Å². The van der Waals surface area contributed by atoms with Gasteiger partial charge in [-0.05, 0) is 26.0 Å². The third kappa shape index (κ3) is 4.44. The van der Waals surface area contributed by atoms with Gasteiger partial charge in [0.1, 0.15) is 0 Å². The monoisotopic (exact) mass is 257 g/mol. The van der Waals surface area contributed by atoms with Crippen molar-refractivity contribution < 1.29 is 0 Å². The van der Waals surface area contributed by atoms with Crippen molar-refractivity contribution in [3.8, 4) is 0 Å². The van der Waals surface area contributed by atoms with Crippen molar-refractivity contribution in [3.05, 3.63) is 46.5 Å². The highest BCUT2D eigenvalue weighted by atomic mass is 14.7. The first-order valence-electron chi connectivity index (χ1n) is 7.12. The van der Waals surface area contributed by atoms with E-state index in [0.29, 0.717) is 0 Å². The van der Waals surface area contributed by atoms with Crippen LogP contribution in [0.1, 0.15) is 40.2 Å². The van der Waals surface area contributed by atoms with Crippen LogP contribution in [0.15, 0.2) is 30.4 Å². The molecule has 1 heteroatoms. The Balaban J connectivity index is 0.000000741. The number of H-pyrrole nitrogens is 1. The highest BCUT2D eigenvalue weighted by Gasteiger charge is 1.97. The Morgan fingerprint density at radius 1 is 1.11 bits per heavy atom. The van der Waals surface area contributed by atoms with Crippen molar-refractivity contribution in [2.45, 2.75) is 41.5 Å². The minimum atomic E-state index is 0.980. The summed E-state index contributed by atoms with van der Waals surface area (Å²) in [6.45, 7) is 16.1. The lowest BCUT2D eigenvalue weighted by atomic mass is 10.1. The second-order valence-corrected chi connectivity index (χ2v) is 3.76. The number of fused-ring (bicyclic) bond motifs is 1. The highest BCUT2D eigenvalue weighted by molar-refractivity contribution is 5.82. The summed E-state index contributed by atoms with van der Waals surface area (Å²) in [4.78, 5) is 3.29. The van der Waals surface area contributed by atoms with Crippen LogP contribution in [0.5, 0.6) is 0 Å². The number of hydrogen-bond donors (Lipinski definition) is 1. The molecule has 0 fully saturated rings. The molecule has 0 spiro atoms. The summed E-state index contributed by atoms with van der Waals surface area (Å²) in [5.74, 6) is 0. The smallest absolute Gasteiger partial charge is 0.0464 e. The van der Waals surface area contributed by atoms with Crippen molar-refractivity contribution in [2.24, 2.45) is 0 Å². The lowest BCUT2D eigenvalue weighted by molar-refractivity contribution is 1.37. The van der Waals surface area contributed by atoms with Crippen molar-refractivity contribution in [2.75, 3.05) is 0 Å². The maximum Gasteiger partial charge on any atom is 0.0464 e. The van der Waals surface area contributed by atoms with Crippen LogP contribution in [0.4, 0.5) is 0 Å². The third-order valence-corrected chi connectivity index (χ3v) is 2.53. The van der Waals surface area contributed by atoms with E-state index in [4.69, 9.17) is 0 Å². The van der Waals surface area contributed by atoms with E-state index in [1.165, 1.54) is 16.2 Å². The molecule has 2 rings (SSSR count). The molecule has 0 aliphatic heterocycles. The van der Waals surface area contributed by atoms with Crippen molar-refractivity contribution in [1.29, 1.82) is 0 Å². The average Bonchev–Trinajstić information content (AvgIpc) is 2.76. The SMILES string of the molecule is C=c1[nH]c2ccc(C)cc2/c1=C/C=C\C.CC.CC. The molecular formula is C18H27N. The Hall–Kier alpha value is -1.76. The fraction of sp³-hybridized carbons (Fsp3) is 0.333. The number of allylic oxidation sites excluding steroid dienone is 2. The molecule has 0 bridgehead atoms. The first kappa shape index (κ1) is 17.2. The van der Waals surface area contributed by atoms with Gasteiger partial charge in [0.15, 0.2) is 0 Å². The summed E-state index contributed by atoms with van der Waals surface area (Å²) in [6.07, 6.45) is 6.16. The van der Waals surface area contributed by atoms with Crippen LogP contribution in [0, 0.1) is 6.92 Å². The largest absolute Gasteiger partial charge is 0.355 e. The van der Waals surface area contributed by atoms with Gasteiger partial charge in [-0.2, -0.15) is 0 Å². The van der Waals surface area contributed by atoms with Crippen molar-refractivity contribution >= 4 is 23.6 Å². The number of aromatic nitrogens is 1. The van der Waals surface area contributed by atoms with E-state index in [0.717, 1.165) is 10.9 Å². The fourth-order valence-electron chi connectivity index (χ4n) is 1.77. The number of nitrogens with one attached hydrogen (secondary N) is 1. The predicted molar refractivity (Wildman–Crippen MR) is 89.8 cm³/mol. The summed E-state index contributed by atoms with van der Waals surface area (Å²) in [6, 6.07) is 6.40. The van der Waals surface area contributed by atoms with E-state index >= 15 is 0 Å². The maximum atomic E-state index is 4.02. The molecule has 0 saturated carbocycles. The quantitative estimate of drug-likeness (QED) is 0.784. The van der Waals surface area contributed by atoms with E-state index in [9.17, 15) is 0 Å². The molecule has 0 saturated heterocycles. The number of aromatic amines is 1. The van der Waals surface area contributed by atoms with Gasteiger partial charge in [0.05, 0.1) is 0 Å². The predicted octanol–water partition coefficient (Wildman–Crippen LogP) is 4.30. The van der Waals surface area contributed by atoms with E-state index in [2.05, 4.69) is 42.8 Å². The Bertz CT molecular complexity index is 615. The van der Waals surface area contributed by atoms with E-state index < -0.39 is 0 Å². The Morgan fingerprint density at radius 2 is 1.74 bits per heavy atom. The van der Waals surface area contributed by atoms with Gasteiger partial charge in [-0.1, -0.05) is 64.1 Å². The lowest BCUT2D eigenvalue weighted by Crippen LogP contribution is -2.20. The molecule has 0 atom stereocenters. The average molecular weight is 257 g/mol. The van der Waals surface area contributed by atoms with E-state index in [1.807, 2.05) is 46.8 Å². The lowest BCUT2D eigenvalue weighted by Gasteiger charge is -1.91. The van der Waals surface area contributed by atoms with E-state index in [-0.39, 0.29) is 0 Å². The Labute approximate surface area is 117 Å².